The molecule has 0 bridgehead atoms. The number of hydrogen-bond acceptors (Lipinski definition) is 2. The molecule has 0 aliphatic carbocycles. The van der Waals surface area contributed by atoms with Crippen molar-refractivity contribution in [1.29, 1.82) is 0 Å². The van der Waals surface area contributed by atoms with Gasteiger partial charge in [0, 0.05) is 21.7 Å². The number of fused-ring (bicyclic) bond motifs is 1. The predicted octanol–water partition coefficient (Wildman–Crippen LogP) is 5.01. The molecule has 5 heteroatoms. The smallest absolute Gasteiger partial charge is 0.143 e. The van der Waals surface area contributed by atoms with Gasteiger partial charge in [-0.25, -0.2) is 4.98 Å². The van der Waals surface area contributed by atoms with Crippen molar-refractivity contribution in [3.63, 3.8) is 0 Å². The molecule has 0 fully saturated rings. The monoisotopic (exact) mass is 334 g/mol. The van der Waals surface area contributed by atoms with Crippen molar-refractivity contribution >= 4 is 34.2 Å². The summed E-state index contributed by atoms with van der Waals surface area (Å²) in [5, 5.41) is 11.8. The van der Waals surface area contributed by atoms with E-state index in [4.69, 9.17) is 23.2 Å². The van der Waals surface area contributed by atoms with E-state index in [1.807, 2.05) is 28.8 Å². The van der Waals surface area contributed by atoms with Crippen LogP contribution in [0.15, 0.2) is 42.5 Å². The highest BCUT2D eigenvalue weighted by Crippen LogP contribution is 2.33. The lowest BCUT2D eigenvalue weighted by Gasteiger charge is -2.18. The van der Waals surface area contributed by atoms with Crippen LogP contribution in [-0.4, -0.2) is 14.7 Å². The van der Waals surface area contributed by atoms with Crippen LogP contribution in [-0.2, 0) is 0 Å². The third kappa shape index (κ3) is 2.60. The van der Waals surface area contributed by atoms with Crippen LogP contribution in [0.5, 0.6) is 0 Å². The first-order valence-electron chi connectivity index (χ1n) is 7.09. The minimum Gasteiger partial charge on any atom is -0.380 e. The van der Waals surface area contributed by atoms with Gasteiger partial charge in [0.05, 0.1) is 11.0 Å². The Hall–Kier alpha value is -1.55. The molecular formula is C17H16Cl2N2O. The second-order valence-electron chi connectivity index (χ2n) is 5.49. The second-order valence-corrected chi connectivity index (χ2v) is 6.33. The highest BCUT2D eigenvalue weighted by molar-refractivity contribution is 6.35. The molecule has 3 nitrogen and oxygen atoms in total. The molecule has 2 aromatic carbocycles. The summed E-state index contributed by atoms with van der Waals surface area (Å²) >= 11 is 12.2. The molecule has 3 aromatic rings. The Balaban J connectivity index is 2.18. The summed E-state index contributed by atoms with van der Waals surface area (Å²) in [5.74, 6) is 0.584. The van der Waals surface area contributed by atoms with Crippen LogP contribution >= 0.6 is 23.2 Å². The third-order valence-electron chi connectivity index (χ3n) is 3.64. The van der Waals surface area contributed by atoms with Gasteiger partial charge in [-0.05, 0) is 38.1 Å². The Labute approximate surface area is 139 Å². The number of rotatable bonds is 3. The van der Waals surface area contributed by atoms with Gasteiger partial charge in [-0.2, -0.15) is 0 Å². The van der Waals surface area contributed by atoms with Crippen LogP contribution in [0.25, 0.3) is 11.0 Å². The fourth-order valence-corrected chi connectivity index (χ4v) is 3.17. The van der Waals surface area contributed by atoms with Crippen LogP contribution in [0.2, 0.25) is 10.0 Å². The zero-order chi connectivity index (χ0) is 15.9. The molecule has 1 aromatic heterocycles. The van der Waals surface area contributed by atoms with Gasteiger partial charge in [-0.3, -0.25) is 0 Å². The maximum atomic E-state index is 10.8. The number of imidazole rings is 1. The Morgan fingerprint density at radius 2 is 1.82 bits per heavy atom. The second kappa shape index (κ2) is 5.92. The summed E-state index contributed by atoms with van der Waals surface area (Å²) in [4.78, 5) is 4.60. The van der Waals surface area contributed by atoms with Crippen LogP contribution < -0.4 is 0 Å². The molecule has 1 unspecified atom stereocenters. The topological polar surface area (TPSA) is 38.0 Å². The minimum absolute atomic E-state index is 0.170. The van der Waals surface area contributed by atoms with E-state index in [1.165, 1.54) is 0 Å². The number of aliphatic hydroxyl groups excluding tert-OH is 1. The molecular weight excluding hydrogens is 319 g/mol. The van der Waals surface area contributed by atoms with Crippen molar-refractivity contribution in [3.8, 4) is 0 Å². The molecule has 0 saturated carbocycles. The van der Waals surface area contributed by atoms with Crippen molar-refractivity contribution in [1.82, 2.24) is 9.55 Å². The molecule has 0 saturated heterocycles. The minimum atomic E-state index is -0.903. The number of nitrogens with zero attached hydrogens (tertiary/aromatic N) is 2. The largest absolute Gasteiger partial charge is 0.380 e. The highest BCUT2D eigenvalue weighted by atomic mass is 35.5. The van der Waals surface area contributed by atoms with E-state index >= 15 is 0 Å². The maximum Gasteiger partial charge on any atom is 0.143 e. The maximum absolute atomic E-state index is 10.8. The molecule has 0 radical (unpaired) electrons. The predicted molar refractivity (Wildman–Crippen MR) is 90.6 cm³/mol. The third-order valence-corrected chi connectivity index (χ3v) is 4.20. The van der Waals surface area contributed by atoms with Crippen molar-refractivity contribution in [2.75, 3.05) is 0 Å². The molecule has 0 aliphatic heterocycles. The summed E-state index contributed by atoms with van der Waals surface area (Å²) in [7, 11) is 0. The summed E-state index contributed by atoms with van der Waals surface area (Å²) in [6, 6.07) is 13.1. The Morgan fingerprint density at radius 3 is 2.50 bits per heavy atom. The number of para-hydroxylation sites is 2. The van der Waals surface area contributed by atoms with Gasteiger partial charge in [-0.1, -0.05) is 41.4 Å². The average Bonchev–Trinajstić information content (AvgIpc) is 2.86. The standard InChI is InChI=1S/C17H16Cl2N2O/c1-10(2)21-15-6-4-3-5-14(15)20-17(21)16(22)12-8-7-11(18)9-13(12)19/h3-10,16,22H,1-2H3. The molecule has 1 atom stereocenters. The zero-order valence-electron chi connectivity index (χ0n) is 12.3. The van der Waals surface area contributed by atoms with E-state index in [2.05, 4.69) is 18.8 Å². The summed E-state index contributed by atoms with van der Waals surface area (Å²) < 4.78 is 2.03. The van der Waals surface area contributed by atoms with E-state index in [9.17, 15) is 5.11 Å². The first kappa shape index (κ1) is 15.3. The van der Waals surface area contributed by atoms with Crippen LogP contribution in [0.3, 0.4) is 0 Å². The normalized spacial score (nSPS) is 13.0. The van der Waals surface area contributed by atoms with Crippen molar-refractivity contribution in [2.45, 2.75) is 26.0 Å². The molecule has 0 spiro atoms. The van der Waals surface area contributed by atoms with E-state index in [0.717, 1.165) is 11.0 Å². The van der Waals surface area contributed by atoms with Gasteiger partial charge in [0.1, 0.15) is 11.9 Å². The molecule has 114 valence electrons. The Morgan fingerprint density at radius 1 is 1.09 bits per heavy atom. The first-order chi connectivity index (χ1) is 10.5. The number of benzene rings is 2. The van der Waals surface area contributed by atoms with Gasteiger partial charge < -0.3 is 9.67 Å². The Bertz CT molecular complexity index is 827. The quantitative estimate of drug-likeness (QED) is 0.731. The number of aromatic nitrogens is 2. The lowest BCUT2D eigenvalue weighted by molar-refractivity contribution is 0.203. The van der Waals surface area contributed by atoms with E-state index in [-0.39, 0.29) is 6.04 Å². The number of hydrogen-bond donors (Lipinski definition) is 1. The molecule has 22 heavy (non-hydrogen) atoms. The van der Waals surface area contributed by atoms with Gasteiger partial charge >= 0.3 is 0 Å². The molecule has 0 amide bonds. The first-order valence-corrected chi connectivity index (χ1v) is 7.84. The van der Waals surface area contributed by atoms with Gasteiger partial charge in [-0.15, -0.1) is 0 Å². The summed E-state index contributed by atoms with van der Waals surface area (Å²) in [5.41, 5.74) is 2.45. The highest BCUT2D eigenvalue weighted by Gasteiger charge is 2.23. The molecule has 1 N–H and O–H groups in total. The van der Waals surface area contributed by atoms with Crippen LogP contribution in [0.1, 0.15) is 37.4 Å². The van der Waals surface area contributed by atoms with Crippen molar-refractivity contribution < 1.29 is 5.11 Å². The lowest BCUT2D eigenvalue weighted by atomic mass is 10.1. The van der Waals surface area contributed by atoms with E-state index in [0.29, 0.717) is 21.4 Å². The van der Waals surface area contributed by atoms with Gasteiger partial charge in [0.2, 0.25) is 0 Å². The lowest BCUT2D eigenvalue weighted by Crippen LogP contribution is -2.12. The van der Waals surface area contributed by atoms with Crippen LogP contribution in [0, 0.1) is 0 Å². The van der Waals surface area contributed by atoms with Crippen LogP contribution in [0.4, 0.5) is 0 Å². The Kier molecular flexibility index (Phi) is 4.13. The SMILES string of the molecule is CC(C)n1c(C(O)c2ccc(Cl)cc2Cl)nc2ccccc21. The molecule has 3 rings (SSSR count). The zero-order valence-corrected chi connectivity index (χ0v) is 13.8. The number of aliphatic hydroxyl groups is 1. The average molecular weight is 335 g/mol. The summed E-state index contributed by atoms with van der Waals surface area (Å²) in [6.07, 6.45) is -0.903. The molecule has 1 heterocycles. The number of halogens is 2. The molecule has 0 aliphatic rings. The summed E-state index contributed by atoms with van der Waals surface area (Å²) in [6.45, 7) is 4.13. The van der Waals surface area contributed by atoms with E-state index in [1.54, 1.807) is 18.2 Å². The fourth-order valence-electron chi connectivity index (χ4n) is 2.66. The van der Waals surface area contributed by atoms with Gasteiger partial charge in [0.15, 0.2) is 0 Å². The fraction of sp³-hybridized carbons (Fsp3) is 0.235. The van der Waals surface area contributed by atoms with Crippen molar-refractivity contribution in [3.05, 3.63) is 63.9 Å². The van der Waals surface area contributed by atoms with Gasteiger partial charge in [0.25, 0.3) is 0 Å². The van der Waals surface area contributed by atoms with Crippen molar-refractivity contribution in [2.24, 2.45) is 0 Å². The van der Waals surface area contributed by atoms with E-state index < -0.39 is 6.10 Å².